The third kappa shape index (κ3) is 4.14. The van der Waals surface area contributed by atoms with E-state index in [1.807, 2.05) is 4.90 Å². The Morgan fingerprint density at radius 1 is 1.25 bits per heavy atom. The highest BCUT2D eigenvalue weighted by atomic mass is 32.2. The van der Waals surface area contributed by atoms with Crippen LogP contribution in [0, 0.1) is 5.92 Å². The Bertz CT molecular complexity index is 343. The number of hydrogen-bond acceptors (Lipinski definition) is 3. The maximum atomic E-state index is 12.7. The third-order valence-electron chi connectivity index (χ3n) is 4.40. The molecular formula is C15H26N2O2S. The summed E-state index contributed by atoms with van der Waals surface area (Å²) >= 11 is 1.81. The molecular weight excluding hydrogens is 272 g/mol. The van der Waals surface area contributed by atoms with Crippen LogP contribution in [0.2, 0.25) is 0 Å². The Kier molecular flexibility index (Phi) is 6.20. The van der Waals surface area contributed by atoms with E-state index in [1.54, 1.807) is 11.8 Å². The normalized spacial score (nSPS) is 25.4. The van der Waals surface area contributed by atoms with Gasteiger partial charge in [-0.15, -0.1) is 0 Å². The molecule has 0 aromatic carbocycles. The SMILES string of the molecule is CSCCCN1CCC(=O)NC(C2CCCCC2)C1=O. The fraction of sp³-hybridized carbons (Fsp3) is 0.867. The topological polar surface area (TPSA) is 49.4 Å². The minimum atomic E-state index is -0.264. The van der Waals surface area contributed by atoms with E-state index >= 15 is 0 Å². The molecule has 1 saturated carbocycles. The zero-order chi connectivity index (χ0) is 14.4. The lowest BCUT2D eigenvalue weighted by atomic mass is 9.83. The number of carbonyl (C=O) groups is 2. The summed E-state index contributed by atoms with van der Waals surface area (Å²) < 4.78 is 0. The van der Waals surface area contributed by atoms with Crippen molar-refractivity contribution in [2.24, 2.45) is 5.92 Å². The van der Waals surface area contributed by atoms with Gasteiger partial charge in [-0.25, -0.2) is 0 Å². The van der Waals surface area contributed by atoms with Gasteiger partial charge in [0.15, 0.2) is 0 Å². The lowest BCUT2D eigenvalue weighted by Gasteiger charge is -2.31. The van der Waals surface area contributed by atoms with E-state index in [0.717, 1.165) is 31.6 Å². The molecule has 2 rings (SSSR count). The van der Waals surface area contributed by atoms with E-state index in [9.17, 15) is 9.59 Å². The van der Waals surface area contributed by atoms with Gasteiger partial charge in [-0.2, -0.15) is 11.8 Å². The highest BCUT2D eigenvalue weighted by molar-refractivity contribution is 7.98. The molecule has 0 radical (unpaired) electrons. The average Bonchev–Trinajstić information content (AvgIpc) is 2.61. The quantitative estimate of drug-likeness (QED) is 0.790. The second kappa shape index (κ2) is 7.91. The highest BCUT2D eigenvalue weighted by Crippen LogP contribution is 2.28. The van der Waals surface area contributed by atoms with E-state index < -0.39 is 0 Å². The molecule has 20 heavy (non-hydrogen) atoms. The minimum Gasteiger partial charge on any atom is -0.344 e. The van der Waals surface area contributed by atoms with Crippen molar-refractivity contribution in [3.05, 3.63) is 0 Å². The molecule has 5 heteroatoms. The van der Waals surface area contributed by atoms with Crippen LogP contribution in [0.25, 0.3) is 0 Å². The van der Waals surface area contributed by atoms with Crippen molar-refractivity contribution < 1.29 is 9.59 Å². The monoisotopic (exact) mass is 298 g/mol. The molecule has 1 aliphatic heterocycles. The van der Waals surface area contributed by atoms with Crippen molar-refractivity contribution in [3.63, 3.8) is 0 Å². The molecule has 2 amide bonds. The molecule has 1 N–H and O–H groups in total. The molecule has 114 valence electrons. The molecule has 2 fully saturated rings. The van der Waals surface area contributed by atoms with Gasteiger partial charge < -0.3 is 10.2 Å². The van der Waals surface area contributed by atoms with Crippen LogP contribution in [0.1, 0.15) is 44.9 Å². The maximum Gasteiger partial charge on any atom is 0.245 e. The van der Waals surface area contributed by atoms with E-state index in [4.69, 9.17) is 0 Å². The van der Waals surface area contributed by atoms with Crippen molar-refractivity contribution in [1.29, 1.82) is 0 Å². The van der Waals surface area contributed by atoms with Crippen LogP contribution in [-0.4, -0.2) is 47.9 Å². The standard InChI is InChI=1S/C15H26N2O2S/c1-20-11-5-9-17-10-8-13(18)16-14(15(17)19)12-6-3-2-4-7-12/h12,14H,2-11H2,1H3,(H,16,18). The van der Waals surface area contributed by atoms with Crippen LogP contribution in [-0.2, 0) is 9.59 Å². The largest absolute Gasteiger partial charge is 0.344 e. The first-order valence-corrected chi connectivity index (χ1v) is 9.19. The maximum absolute atomic E-state index is 12.7. The fourth-order valence-electron chi connectivity index (χ4n) is 3.26. The molecule has 0 aromatic heterocycles. The number of amides is 2. The van der Waals surface area contributed by atoms with E-state index in [0.29, 0.717) is 18.9 Å². The van der Waals surface area contributed by atoms with Crippen molar-refractivity contribution >= 4 is 23.6 Å². The zero-order valence-corrected chi connectivity index (χ0v) is 13.2. The van der Waals surface area contributed by atoms with Gasteiger partial charge in [0.25, 0.3) is 0 Å². The summed E-state index contributed by atoms with van der Waals surface area (Å²) in [7, 11) is 0. The number of thioether (sulfide) groups is 1. The van der Waals surface area contributed by atoms with Crippen LogP contribution < -0.4 is 5.32 Å². The van der Waals surface area contributed by atoms with Gasteiger partial charge in [0, 0.05) is 19.5 Å². The van der Waals surface area contributed by atoms with Gasteiger partial charge in [-0.1, -0.05) is 19.3 Å². The summed E-state index contributed by atoms with van der Waals surface area (Å²) in [6, 6.07) is -0.264. The molecule has 1 saturated heterocycles. The second-order valence-corrected chi connectivity index (χ2v) is 6.85. The van der Waals surface area contributed by atoms with E-state index in [-0.39, 0.29) is 17.9 Å². The number of hydrogen-bond donors (Lipinski definition) is 1. The fourth-order valence-corrected chi connectivity index (χ4v) is 3.68. The first-order valence-electron chi connectivity index (χ1n) is 7.79. The molecule has 0 aromatic rings. The first-order chi connectivity index (χ1) is 9.72. The van der Waals surface area contributed by atoms with E-state index in [2.05, 4.69) is 11.6 Å². The van der Waals surface area contributed by atoms with Crippen LogP contribution in [0.4, 0.5) is 0 Å². The molecule has 0 bridgehead atoms. The second-order valence-electron chi connectivity index (χ2n) is 5.86. The molecule has 1 heterocycles. The van der Waals surface area contributed by atoms with Crippen molar-refractivity contribution in [2.75, 3.05) is 25.1 Å². The smallest absolute Gasteiger partial charge is 0.245 e. The zero-order valence-electron chi connectivity index (χ0n) is 12.4. The Morgan fingerprint density at radius 3 is 2.70 bits per heavy atom. The molecule has 1 atom stereocenters. The highest BCUT2D eigenvalue weighted by Gasteiger charge is 2.35. The molecule has 1 unspecified atom stereocenters. The Morgan fingerprint density at radius 2 is 2.00 bits per heavy atom. The van der Waals surface area contributed by atoms with E-state index in [1.165, 1.54) is 19.3 Å². The van der Waals surface area contributed by atoms with Crippen molar-refractivity contribution in [3.8, 4) is 0 Å². The van der Waals surface area contributed by atoms with Crippen LogP contribution in [0.15, 0.2) is 0 Å². The summed E-state index contributed by atoms with van der Waals surface area (Å²) in [5, 5.41) is 2.98. The van der Waals surface area contributed by atoms with Crippen molar-refractivity contribution in [1.82, 2.24) is 10.2 Å². The third-order valence-corrected chi connectivity index (χ3v) is 5.10. The number of rotatable bonds is 5. The van der Waals surface area contributed by atoms with Crippen LogP contribution in [0.5, 0.6) is 0 Å². The lowest BCUT2D eigenvalue weighted by Crippen LogP contribution is -2.49. The minimum absolute atomic E-state index is 0.0429. The molecule has 2 aliphatic rings. The van der Waals surface area contributed by atoms with Gasteiger partial charge in [0.1, 0.15) is 6.04 Å². The average molecular weight is 298 g/mol. The van der Waals surface area contributed by atoms with Gasteiger partial charge >= 0.3 is 0 Å². The summed E-state index contributed by atoms with van der Waals surface area (Å²) in [5.74, 6) is 1.62. The summed E-state index contributed by atoms with van der Waals surface area (Å²) in [5.41, 5.74) is 0. The van der Waals surface area contributed by atoms with Gasteiger partial charge in [0.2, 0.25) is 11.8 Å². The van der Waals surface area contributed by atoms with Crippen LogP contribution >= 0.6 is 11.8 Å². The Labute approximate surface area is 126 Å². The number of nitrogens with zero attached hydrogens (tertiary/aromatic N) is 1. The first kappa shape index (κ1) is 15.7. The van der Waals surface area contributed by atoms with Gasteiger partial charge in [-0.3, -0.25) is 9.59 Å². The van der Waals surface area contributed by atoms with Crippen LogP contribution in [0.3, 0.4) is 0 Å². The Balaban J connectivity index is 2.00. The number of carbonyl (C=O) groups excluding carboxylic acids is 2. The molecule has 4 nitrogen and oxygen atoms in total. The Hall–Kier alpha value is -0.710. The summed E-state index contributed by atoms with van der Waals surface area (Å²) in [6.45, 7) is 1.38. The molecule has 1 aliphatic carbocycles. The predicted molar refractivity (Wildman–Crippen MR) is 82.7 cm³/mol. The lowest BCUT2D eigenvalue weighted by molar-refractivity contribution is -0.135. The van der Waals surface area contributed by atoms with Crippen molar-refractivity contribution in [2.45, 2.75) is 51.0 Å². The van der Waals surface area contributed by atoms with Gasteiger partial charge in [0.05, 0.1) is 0 Å². The summed E-state index contributed by atoms with van der Waals surface area (Å²) in [6.07, 6.45) is 9.36. The number of nitrogens with one attached hydrogen (secondary N) is 1. The predicted octanol–water partition coefficient (Wildman–Crippen LogP) is 2.04. The summed E-state index contributed by atoms with van der Waals surface area (Å²) in [4.78, 5) is 26.5. The molecule has 0 spiro atoms. The van der Waals surface area contributed by atoms with Gasteiger partial charge in [-0.05, 0) is 37.2 Å².